The van der Waals surface area contributed by atoms with Crippen LogP contribution in [0.2, 0.25) is 0 Å². The lowest BCUT2D eigenvalue weighted by molar-refractivity contribution is 0.139. The van der Waals surface area contributed by atoms with Gasteiger partial charge in [0.1, 0.15) is 5.82 Å². The number of aromatic nitrogens is 1. The number of fused-ring (bicyclic) bond motifs is 1. The first-order valence-electron chi connectivity index (χ1n) is 8.15. The van der Waals surface area contributed by atoms with Crippen molar-refractivity contribution in [1.82, 2.24) is 4.57 Å². The minimum Gasteiger partial charge on any atom is -0.380 e. The molecule has 0 spiro atoms. The number of thiazole rings is 1. The lowest BCUT2D eigenvalue weighted by Crippen LogP contribution is -2.19. The van der Waals surface area contributed by atoms with Gasteiger partial charge in [-0.3, -0.25) is 0 Å². The van der Waals surface area contributed by atoms with Gasteiger partial charge in [-0.25, -0.2) is 4.39 Å². The number of ether oxygens (including phenoxy) is 1. The monoisotopic (exact) mass is 394 g/mol. The highest BCUT2D eigenvalue weighted by Gasteiger charge is 2.15. The number of sulfonamides is 1. The fourth-order valence-corrected chi connectivity index (χ4v) is 4.78. The van der Waals surface area contributed by atoms with Crippen molar-refractivity contribution >= 4 is 31.6 Å². The van der Waals surface area contributed by atoms with Gasteiger partial charge in [0.25, 0.3) is 10.0 Å². The van der Waals surface area contributed by atoms with E-state index in [4.69, 9.17) is 4.74 Å². The first-order valence-corrected chi connectivity index (χ1v) is 10.4. The van der Waals surface area contributed by atoms with Crippen LogP contribution in [0, 0.1) is 12.7 Å². The van der Waals surface area contributed by atoms with Crippen molar-refractivity contribution in [1.29, 1.82) is 0 Å². The van der Waals surface area contributed by atoms with Crippen LogP contribution in [0.4, 0.5) is 4.39 Å². The molecular formula is C18H19FN2O3S2. The smallest absolute Gasteiger partial charge is 0.285 e. The SMILES string of the molecule is CCOCCn1c(=NS(=O)(=O)c2ccc(C)cc2)sc2cc(F)ccc21. The van der Waals surface area contributed by atoms with Gasteiger partial charge in [-0.1, -0.05) is 29.0 Å². The fraction of sp³-hybridized carbons (Fsp3) is 0.278. The average molecular weight is 394 g/mol. The Morgan fingerprint density at radius 1 is 1.19 bits per heavy atom. The van der Waals surface area contributed by atoms with E-state index in [0.29, 0.717) is 29.3 Å². The van der Waals surface area contributed by atoms with Gasteiger partial charge in [-0.05, 0) is 44.2 Å². The molecule has 0 N–H and O–H groups in total. The summed E-state index contributed by atoms with van der Waals surface area (Å²) in [5, 5.41) is 0. The number of nitrogens with zero attached hydrogens (tertiary/aromatic N) is 2. The van der Waals surface area contributed by atoms with Gasteiger partial charge in [0, 0.05) is 13.2 Å². The summed E-state index contributed by atoms with van der Waals surface area (Å²) in [6, 6.07) is 10.9. The molecule has 0 atom stereocenters. The zero-order valence-electron chi connectivity index (χ0n) is 14.5. The number of rotatable bonds is 6. The Bertz CT molecular complexity index is 1080. The van der Waals surface area contributed by atoms with Crippen LogP contribution in [0.25, 0.3) is 10.2 Å². The summed E-state index contributed by atoms with van der Waals surface area (Å²) in [6.07, 6.45) is 0. The maximum Gasteiger partial charge on any atom is 0.285 e. The van der Waals surface area contributed by atoms with Crippen LogP contribution in [0.15, 0.2) is 51.8 Å². The molecule has 8 heteroatoms. The van der Waals surface area contributed by atoms with Crippen LogP contribution >= 0.6 is 11.3 Å². The summed E-state index contributed by atoms with van der Waals surface area (Å²) >= 11 is 1.14. The molecule has 0 aliphatic rings. The predicted octanol–water partition coefficient (Wildman–Crippen LogP) is 3.48. The van der Waals surface area contributed by atoms with Gasteiger partial charge in [0.2, 0.25) is 4.80 Å². The van der Waals surface area contributed by atoms with Gasteiger partial charge in [-0.15, -0.1) is 4.40 Å². The fourth-order valence-electron chi connectivity index (χ4n) is 2.50. The highest BCUT2D eigenvalue weighted by Crippen LogP contribution is 2.20. The summed E-state index contributed by atoms with van der Waals surface area (Å²) in [5.74, 6) is -0.372. The van der Waals surface area contributed by atoms with Crippen molar-refractivity contribution in [2.24, 2.45) is 4.40 Å². The largest absolute Gasteiger partial charge is 0.380 e. The molecule has 0 fully saturated rings. The zero-order chi connectivity index (χ0) is 18.7. The Hall–Kier alpha value is -2.03. The molecule has 0 unspecified atom stereocenters. The molecule has 0 aliphatic carbocycles. The molecule has 0 saturated heterocycles. The molecule has 26 heavy (non-hydrogen) atoms. The van der Waals surface area contributed by atoms with Crippen molar-refractivity contribution < 1.29 is 17.5 Å². The molecule has 138 valence electrons. The number of hydrogen-bond donors (Lipinski definition) is 0. The average Bonchev–Trinajstić information content (AvgIpc) is 2.91. The van der Waals surface area contributed by atoms with Crippen LogP contribution in [-0.4, -0.2) is 26.2 Å². The highest BCUT2D eigenvalue weighted by atomic mass is 32.2. The Kier molecular flexibility index (Phi) is 5.55. The first-order chi connectivity index (χ1) is 12.4. The predicted molar refractivity (Wildman–Crippen MR) is 100 cm³/mol. The van der Waals surface area contributed by atoms with Crippen molar-refractivity contribution in [2.45, 2.75) is 25.3 Å². The molecule has 0 saturated carbocycles. The third-order valence-corrected chi connectivity index (χ3v) is 6.26. The van der Waals surface area contributed by atoms with Crippen LogP contribution in [0.5, 0.6) is 0 Å². The van der Waals surface area contributed by atoms with Crippen LogP contribution in [0.1, 0.15) is 12.5 Å². The van der Waals surface area contributed by atoms with Crippen LogP contribution < -0.4 is 4.80 Å². The number of aryl methyl sites for hydroxylation is 1. The Labute approximate surface area is 155 Å². The zero-order valence-corrected chi connectivity index (χ0v) is 16.1. The van der Waals surface area contributed by atoms with E-state index in [-0.39, 0.29) is 10.7 Å². The topological polar surface area (TPSA) is 60.7 Å². The van der Waals surface area contributed by atoms with Gasteiger partial charge in [-0.2, -0.15) is 8.42 Å². The summed E-state index contributed by atoms with van der Waals surface area (Å²) in [7, 11) is -3.86. The van der Waals surface area contributed by atoms with Crippen LogP contribution in [0.3, 0.4) is 0 Å². The molecule has 0 aliphatic heterocycles. The van der Waals surface area contributed by atoms with E-state index in [1.54, 1.807) is 22.8 Å². The standard InChI is InChI=1S/C18H19FN2O3S2/c1-3-24-11-10-21-16-9-6-14(19)12-17(16)25-18(21)20-26(22,23)15-7-4-13(2)5-8-15/h4-9,12H,3,10-11H2,1-2H3. The Morgan fingerprint density at radius 3 is 2.62 bits per heavy atom. The number of benzene rings is 2. The molecule has 0 radical (unpaired) electrons. The van der Waals surface area contributed by atoms with E-state index in [0.717, 1.165) is 22.4 Å². The van der Waals surface area contributed by atoms with E-state index in [1.807, 2.05) is 13.8 Å². The lowest BCUT2D eigenvalue weighted by atomic mass is 10.2. The maximum absolute atomic E-state index is 13.5. The van der Waals surface area contributed by atoms with E-state index >= 15 is 0 Å². The van der Waals surface area contributed by atoms with E-state index < -0.39 is 10.0 Å². The maximum atomic E-state index is 13.5. The molecule has 3 rings (SSSR count). The minimum absolute atomic E-state index is 0.128. The third-order valence-electron chi connectivity index (χ3n) is 3.83. The number of halogens is 1. The molecule has 5 nitrogen and oxygen atoms in total. The summed E-state index contributed by atoms with van der Waals surface area (Å²) < 4.78 is 50.7. The quantitative estimate of drug-likeness (QED) is 0.602. The van der Waals surface area contributed by atoms with Crippen LogP contribution in [-0.2, 0) is 21.3 Å². The second kappa shape index (κ2) is 7.69. The normalized spacial score (nSPS) is 12.8. The third kappa shape index (κ3) is 4.03. The van der Waals surface area contributed by atoms with Gasteiger partial charge in [0.15, 0.2) is 0 Å². The van der Waals surface area contributed by atoms with E-state index in [1.165, 1.54) is 24.3 Å². The second-order valence-electron chi connectivity index (χ2n) is 5.72. The van der Waals surface area contributed by atoms with Gasteiger partial charge in [0.05, 0.1) is 21.7 Å². The molecular weight excluding hydrogens is 375 g/mol. The number of hydrogen-bond acceptors (Lipinski definition) is 4. The molecule has 3 aromatic rings. The van der Waals surface area contributed by atoms with Gasteiger partial charge >= 0.3 is 0 Å². The van der Waals surface area contributed by atoms with Crippen molar-refractivity contribution in [2.75, 3.05) is 13.2 Å². The van der Waals surface area contributed by atoms with E-state index in [9.17, 15) is 12.8 Å². The van der Waals surface area contributed by atoms with Gasteiger partial charge < -0.3 is 9.30 Å². The summed E-state index contributed by atoms with van der Waals surface area (Å²) in [5.41, 5.74) is 1.70. The first kappa shape index (κ1) is 18.8. The molecule has 1 heterocycles. The summed E-state index contributed by atoms with van der Waals surface area (Å²) in [4.78, 5) is 0.425. The minimum atomic E-state index is -3.86. The highest BCUT2D eigenvalue weighted by molar-refractivity contribution is 7.90. The Balaban J connectivity index is 2.14. The molecule has 2 aromatic carbocycles. The lowest BCUT2D eigenvalue weighted by Gasteiger charge is -2.05. The summed E-state index contributed by atoms with van der Waals surface area (Å²) in [6.45, 7) is 5.18. The second-order valence-corrected chi connectivity index (χ2v) is 8.34. The van der Waals surface area contributed by atoms with Crippen molar-refractivity contribution in [3.63, 3.8) is 0 Å². The molecule has 0 bridgehead atoms. The Morgan fingerprint density at radius 2 is 1.92 bits per heavy atom. The van der Waals surface area contributed by atoms with Crippen molar-refractivity contribution in [3.8, 4) is 0 Å². The molecule has 1 aromatic heterocycles. The molecule has 0 amide bonds. The van der Waals surface area contributed by atoms with E-state index in [2.05, 4.69) is 4.40 Å². The van der Waals surface area contributed by atoms with Crippen molar-refractivity contribution in [3.05, 3.63) is 58.6 Å².